The topological polar surface area (TPSA) is 59.9 Å². The van der Waals surface area contributed by atoms with Gasteiger partial charge in [-0.3, -0.25) is 4.99 Å². The lowest BCUT2D eigenvalue weighted by molar-refractivity contribution is 0.286. The van der Waals surface area contributed by atoms with Crippen molar-refractivity contribution in [1.82, 2.24) is 25.1 Å². The number of halogens is 1. The van der Waals surface area contributed by atoms with Crippen molar-refractivity contribution in [2.24, 2.45) is 4.99 Å². The van der Waals surface area contributed by atoms with Crippen molar-refractivity contribution in [2.45, 2.75) is 25.7 Å². The number of hydrogen-bond acceptors (Lipinski definition) is 5. The lowest BCUT2D eigenvalue weighted by atomic mass is 10.2. The van der Waals surface area contributed by atoms with E-state index in [0.717, 1.165) is 51.2 Å². The Morgan fingerprint density at radius 3 is 2.27 bits per heavy atom. The number of rotatable bonds is 4. The Hall–Kier alpha value is -1.16. The van der Waals surface area contributed by atoms with Crippen LogP contribution in [-0.2, 0) is 0 Å². The van der Waals surface area contributed by atoms with Crippen LogP contribution in [0.3, 0.4) is 0 Å². The second-order valence-corrected chi connectivity index (χ2v) is 6.75. The van der Waals surface area contributed by atoms with Gasteiger partial charge in [0.15, 0.2) is 5.96 Å². The van der Waals surface area contributed by atoms with E-state index in [4.69, 9.17) is 0 Å². The first-order valence-corrected chi connectivity index (χ1v) is 9.57. The molecule has 0 spiro atoms. The molecule has 0 unspecified atom stereocenters. The van der Waals surface area contributed by atoms with Crippen molar-refractivity contribution in [2.75, 3.05) is 64.3 Å². The predicted octanol–water partition coefficient (Wildman–Crippen LogP) is 1.67. The van der Waals surface area contributed by atoms with E-state index in [1.54, 1.807) is 12.4 Å². The van der Waals surface area contributed by atoms with Gasteiger partial charge in [0.05, 0.1) is 0 Å². The van der Waals surface area contributed by atoms with Crippen LogP contribution >= 0.6 is 24.0 Å². The molecule has 0 aromatic carbocycles. The third-order valence-electron chi connectivity index (χ3n) is 5.04. The fourth-order valence-electron chi connectivity index (χ4n) is 3.59. The van der Waals surface area contributed by atoms with Crippen LogP contribution in [0.5, 0.6) is 0 Å². The minimum atomic E-state index is 0. The van der Waals surface area contributed by atoms with Gasteiger partial charge in [-0.25, -0.2) is 9.97 Å². The van der Waals surface area contributed by atoms with Crippen LogP contribution in [0.4, 0.5) is 5.95 Å². The van der Waals surface area contributed by atoms with E-state index >= 15 is 0 Å². The van der Waals surface area contributed by atoms with Crippen LogP contribution in [-0.4, -0.2) is 85.1 Å². The summed E-state index contributed by atoms with van der Waals surface area (Å²) >= 11 is 0. The summed E-state index contributed by atoms with van der Waals surface area (Å²) in [7, 11) is 1.88. The zero-order valence-corrected chi connectivity index (χ0v) is 18.1. The Kier molecular flexibility index (Phi) is 9.38. The van der Waals surface area contributed by atoms with E-state index in [9.17, 15) is 0 Å². The smallest absolute Gasteiger partial charge is 0.225 e. The summed E-state index contributed by atoms with van der Waals surface area (Å²) in [4.78, 5) is 20.3. The van der Waals surface area contributed by atoms with Crippen LogP contribution in [0.2, 0.25) is 0 Å². The molecule has 146 valence electrons. The van der Waals surface area contributed by atoms with Gasteiger partial charge in [-0.05, 0) is 32.0 Å². The molecule has 3 heterocycles. The van der Waals surface area contributed by atoms with Crippen molar-refractivity contribution in [3.05, 3.63) is 18.5 Å². The molecule has 2 aliphatic rings. The monoisotopic (exact) mass is 473 g/mol. The Morgan fingerprint density at radius 1 is 1.00 bits per heavy atom. The highest BCUT2D eigenvalue weighted by atomic mass is 127. The van der Waals surface area contributed by atoms with Crippen molar-refractivity contribution in [1.29, 1.82) is 0 Å². The van der Waals surface area contributed by atoms with Gasteiger partial charge in [-0.15, -0.1) is 24.0 Å². The fraction of sp³-hybridized carbons (Fsp3) is 0.722. The number of nitrogens with zero attached hydrogens (tertiary/aromatic N) is 6. The van der Waals surface area contributed by atoms with E-state index in [0.29, 0.717) is 0 Å². The molecule has 0 bridgehead atoms. The minimum Gasteiger partial charge on any atom is -0.355 e. The molecule has 7 nitrogen and oxygen atoms in total. The fourth-order valence-corrected chi connectivity index (χ4v) is 3.59. The van der Waals surface area contributed by atoms with Crippen molar-refractivity contribution < 1.29 is 0 Å². The average molecular weight is 473 g/mol. The van der Waals surface area contributed by atoms with Crippen LogP contribution in [0.15, 0.2) is 23.5 Å². The molecule has 0 aliphatic carbocycles. The predicted molar refractivity (Wildman–Crippen MR) is 118 cm³/mol. The normalized spacial score (nSPS) is 19.7. The van der Waals surface area contributed by atoms with Crippen LogP contribution < -0.4 is 10.2 Å². The molecule has 0 saturated carbocycles. The first-order chi connectivity index (χ1) is 12.4. The van der Waals surface area contributed by atoms with E-state index < -0.39 is 0 Å². The average Bonchev–Trinajstić information content (AvgIpc) is 2.95. The van der Waals surface area contributed by atoms with Gasteiger partial charge >= 0.3 is 0 Å². The van der Waals surface area contributed by atoms with Crippen molar-refractivity contribution in [3.8, 4) is 0 Å². The number of aliphatic imine (C=N–C) groups is 1. The third kappa shape index (κ3) is 6.22. The Labute approximate surface area is 174 Å². The number of aromatic nitrogens is 2. The zero-order valence-electron chi connectivity index (χ0n) is 15.8. The van der Waals surface area contributed by atoms with Gasteiger partial charge in [0.25, 0.3) is 0 Å². The molecule has 1 aromatic rings. The van der Waals surface area contributed by atoms with E-state index in [1.807, 2.05) is 13.1 Å². The van der Waals surface area contributed by atoms with Gasteiger partial charge in [0, 0.05) is 58.7 Å². The standard InChI is InChI=1S/C18H31N7.HI/c1-19-17(22-9-12-23-10-4-2-3-5-11-23)24-13-15-25(16-14-24)18-20-7-6-8-21-18;/h6-8H,2-5,9-16H2,1H3,(H,19,22);1H. The second-order valence-electron chi connectivity index (χ2n) is 6.75. The second kappa shape index (κ2) is 11.5. The number of likely N-dealkylation sites (tertiary alicyclic amines) is 1. The van der Waals surface area contributed by atoms with Crippen LogP contribution in [0.25, 0.3) is 0 Å². The Bertz CT molecular complexity index is 524. The maximum Gasteiger partial charge on any atom is 0.225 e. The molecule has 26 heavy (non-hydrogen) atoms. The first kappa shape index (κ1) is 21.1. The number of nitrogens with one attached hydrogen (secondary N) is 1. The largest absolute Gasteiger partial charge is 0.355 e. The molecule has 3 rings (SSSR count). The van der Waals surface area contributed by atoms with E-state index in [2.05, 4.69) is 35.0 Å². The van der Waals surface area contributed by atoms with Crippen LogP contribution in [0.1, 0.15) is 25.7 Å². The highest BCUT2D eigenvalue weighted by Gasteiger charge is 2.21. The molecule has 2 aliphatic heterocycles. The third-order valence-corrected chi connectivity index (χ3v) is 5.04. The number of guanidine groups is 1. The molecule has 1 aromatic heterocycles. The summed E-state index contributed by atoms with van der Waals surface area (Å²) in [5.74, 6) is 1.84. The van der Waals surface area contributed by atoms with Crippen molar-refractivity contribution in [3.63, 3.8) is 0 Å². The van der Waals surface area contributed by atoms with Crippen molar-refractivity contribution >= 4 is 35.9 Å². The summed E-state index contributed by atoms with van der Waals surface area (Å²) < 4.78 is 0. The Balaban J connectivity index is 0.00000243. The quantitative estimate of drug-likeness (QED) is 0.408. The number of hydrogen-bond donors (Lipinski definition) is 1. The summed E-state index contributed by atoms with van der Waals surface area (Å²) in [5.41, 5.74) is 0. The summed E-state index contributed by atoms with van der Waals surface area (Å²) in [6.07, 6.45) is 9.08. The van der Waals surface area contributed by atoms with Gasteiger partial charge < -0.3 is 20.0 Å². The van der Waals surface area contributed by atoms with E-state index in [1.165, 1.54) is 38.8 Å². The maximum atomic E-state index is 4.47. The van der Waals surface area contributed by atoms with Crippen LogP contribution in [0, 0.1) is 0 Å². The first-order valence-electron chi connectivity index (χ1n) is 9.57. The molecule has 0 atom stereocenters. The number of anilines is 1. The lowest BCUT2D eigenvalue weighted by Gasteiger charge is -2.36. The molecule has 0 radical (unpaired) electrons. The van der Waals surface area contributed by atoms with Gasteiger partial charge in [0.1, 0.15) is 0 Å². The highest BCUT2D eigenvalue weighted by molar-refractivity contribution is 14.0. The lowest BCUT2D eigenvalue weighted by Crippen LogP contribution is -2.53. The molecular weight excluding hydrogens is 441 g/mol. The molecule has 2 saturated heterocycles. The molecular formula is C18H32IN7. The molecule has 1 N–H and O–H groups in total. The maximum absolute atomic E-state index is 4.47. The van der Waals surface area contributed by atoms with Gasteiger partial charge in [-0.2, -0.15) is 0 Å². The molecule has 2 fully saturated rings. The van der Waals surface area contributed by atoms with Gasteiger partial charge in [0.2, 0.25) is 5.95 Å². The number of piperazine rings is 1. The Morgan fingerprint density at radius 2 is 1.65 bits per heavy atom. The summed E-state index contributed by atoms with van der Waals surface area (Å²) in [6, 6.07) is 1.86. The SMILES string of the molecule is CN=C(NCCN1CCCCCC1)N1CCN(c2ncccn2)CC1.I. The van der Waals surface area contributed by atoms with Gasteiger partial charge in [-0.1, -0.05) is 12.8 Å². The van der Waals surface area contributed by atoms with E-state index in [-0.39, 0.29) is 24.0 Å². The molecule has 8 heteroatoms. The molecule has 0 amide bonds. The minimum absolute atomic E-state index is 0. The summed E-state index contributed by atoms with van der Waals surface area (Å²) in [5, 5.41) is 3.55. The highest BCUT2D eigenvalue weighted by Crippen LogP contribution is 2.10. The zero-order chi connectivity index (χ0) is 17.3. The summed E-state index contributed by atoms with van der Waals surface area (Å²) in [6.45, 7) is 8.31.